The molecule has 1 heterocycles. The molecule has 0 bridgehead atoms. The van der Waals surface area contributed by atoms with Crippen molar-refractivity contribution in [1.82, 2.24) is 4.90 Å². The number of rotatable bonds is 5. The van der Waals surface area contributed by atoms with E-state index in [4.69, 9.17) is 10.7 Å². The maximum atomic E-state index is 14.0. The molecule has 1 aromatic carbocycles. The fraction of sp³-hybridized carbons (Fsp3) is 0.654. The van der Waals surface area contributed by atoms with Gasteiger partial charge in [0.05, 0.1) is 12.1 Å². The summed E-state index contributed by atoms with van der Waals surface area (Å²) in [6.45, 7) is 6.53. The second-order valence-electron chi connectivity index (χ2n) is 11.0. The molecular weight excluding hydrogens is 402 g/mol. The molecule has 5 unspecified atom stereocenters. The SMILES string of the molecule is CC1CCCC(C)(C(=NCc2ccccc2)C(=O)N2C(C(N)=O)CC3CC32)C[C@@](C)(O)C1. The molecule has 3 N–H and O–H groups in total. The smallest absolute Gasteiger partial charge is 0.269 e. The predicted molar refractivity (Wildman–Crippen MR) is 125 cm³/mol. The van der Waals surface area contributed by atoms with E-state index in [1.165, 1.54) is 0 Å². The van der Waals surface area contributed by atoms with Crippen LogP contribution in [0.1, 0.15) is 71.3 Å². The summed E-state index contributed by atoms with van der Waals surface area (Å²) < 4.78 is 0. The van der Waals surface area contributed by atoms with Gasteiger partial charge < -0.3 is 15.7 Å². The van der Waals surface area contributed by atoms with Crippen molar-refractivity contribution in [2.24, 2.45) is 28.0 Å². The Morgan fingerprint density at radius 2 is 1.94 bits per heavy atom. The molecule has 6 nitrogen and oxygen atoms in total. The summed E-state index contributed by atoms with van der Waals surface area (Å²) in [5, 5.41) is 11.2. The number of nitrogens with zero attached hydrogens (tertiary/aromatic N) is 2. The molecule has 0 spiro atoms. The number of fused-ring (bicyclic) bond motifs is 1. The van der Waals surface area contributed by atoms with Gasteiger partial charge in [-0.1, -0.05) is 57.0 Å². The highest BCUT2D eigenvalue weighted by Crippen LogP contribution is 2.49. The Labute approximate surface area is 191 Å². The molecule has 4 rings (SSSR count). The minimum Gasteiger partial charge on any atom is -0.390 e. The van der Waals surface area contributed by atoms with Crippen LogP contribution in [-0.4, -0.2) is 45.2 Å². The van der Waals surface area contributed by atoms with Crippen molar-refractivity contribution in [3.8, 4) is 0 Å². The van der Waals surface area contributed by atoms with E-state index >= 15 is 0 Å². The van der Waals surface area contributed by atoms with Crippen LogP contribution in [0.2, 0.25) is 0 Å². The highest BCUT2D eigenvalue weighted by molar-refractivity contribution is 6.41. The standard InChI is InChI=1S/C26H37N3O3/c1-17-8-7-11-25(2,16-26(3,32)14-17)22(28-15-18-9-5-4-6-10-18)24(31)29-20-12-19(20)13-21(29)23(27)30/h4-6,9-10,17,19-21,32H,7-8,11-16H2,1-3H3,(H2,27,30)/t17?,19?,20?,21?,25?,26-/m0/s1. The monoisotopic (exact) mass is 439 g/mol. The van der Waals surface area contributed by atoms with Crippen LogP contribution in [0.5, 0.6) is 0 Å². The summed E-state index contributed by atoms with van der Waals surface area (Å²) in [5.41, 5.74) is 5.76. The number of aliphatic imine (C=N–C) groups is 1. The van der Waals surface area contributed by atoms with Crippen LogP contribution in [0, 0.1) is 17.3 Å². The van der Waals surface area contributed by atoms with Gasteiger partial charge in [-0.25, -0.2) is 0 Å². The predicted octanol–water partition coefficient (Wildman–Crippen LogP) is 3.46. The number of aliphatic hydroxyl groups is 1. The Kier molecular flexibility index (Phi) is 6.19. The van der Waals surface area contributed by atoms with Gasteiger partial charge in [0.1, 0.15) is 11.8 Å². The molecule has 32 heavy (non-hydrogen) atoms. The van der Waals surface area contributed by atoms with Crippen molar-refractivity contribution in [3.05, 3.63) is 35.9 Å². The Morgan fingerprint density at radius 3 is 2.62 bits per heavy atom. The first-order chi connectivity index (χ1) is 15.1. The number of carbonyl (C=O) groups is 2. The molecule has 6 heteroatoms. The molecule has 1 aromatic rings. The first kappa shape index (κ1) is 23.0. The fourth-order valence-corrected chi connectivity index (χ4v) is 6.29. The van der Waals surface area contributed by atoms with E-state index in [1.807, 2.05) is 37.3 Å². The molecule has 3 aliphatic rings. The maximum Gasteiger partial charge on any atom is 0.269 e. The number of piperidine rings is 1. The fourth-order valence-electron chi connectivity index (χ4n) is 6.29. The van der Waals surface area contributed by atoms with E-state index in [0.717, 1.165) is 31.2 Å². The zero-order chi connectivity index (χ0) is 23.1. The Hall–Kier alpha value is -2.21. The molecule has 2 amide bonds. The van der Waals surface area contributed by atoms with E-state index in [0.29, 0.717) is 43.4 Å². The number of amides is 2. The Morgan fingerprint density at radius 1 is 1.22 bits per heavy atom. The molecule has 1 saturated heterocycles. The summed E-state index contributed by atoms with van der Waals surface area (Å²) in [5.74, 6) is 0.221. The molecule has 6 atom stereocenters. The van der Waals surface area contributed by atoms with E-state index in [1.54, 1.807) is 4.90 Å². The van der Waals surface area contributed by atoms with E-state index < -0.39 is 23.0 Å². The molecule has 174 valence electrons. The normalized spacial score (nSPS) is 37.4. The van der Waals surface area contributed by atoms with Gasteiger partial charge in [0.2, 0.25) is 5.91 Å². The number of hydrogen-bond donors (Lipinski definition) is 2. The average Bonchev–Trinajstić information content (AvgIpc) is 3.36. The largest absolute Gasteiger partial charge is 0.390 e. The molecule has 0 aromatic heterocycles. The lowest BCUT2D eigenvalue weighted by molar-refractivity contribution is -0.134. The number of carbonyl (C=O) groups excluding carboxylic acids is 2. The molecular formula is C26H37N3O3. The summed E-state index contributed by atoms with van der Waals surface area (Å²) in [7, 11) is 0. The van der Waals surface area contributed by atoms with Crippen molar-refractivity contribution >= 4 is 17.5 Å². The number of nitrogens with two attached hydrogens (primary N) is 1. The van der Waals surface area contributed by atoms with Crippen molar-refractivity contribution in [2.45, 2.75) is 89.9 Å². The lowest BCUT2D eigenvalue weighted by atomic mass is 9.67. The third-order valence-electron chi connectivity index (χ3n) is 7.69. The van der Waals surface area contributed by atoms with Crippen LogP contribution in [0.3, 0.4) is 0 Å². The molecule has 2 aliphatic carbocycles. The van der Waals surface area contributed by atoms with Gasteiger partial charge in [-0.05, 0) is 56.4 Å². The zero-order valence-corrected chi connectivity index (χ0v) is 19.6. The minimum absolute atomic E-state index is 0.0969. The van der Waals surface area contributed by atoms with Crippen LogP contribution in [-0.2, 0) is 16.1 Å². The van der Waals surface area contributed by atoms with Crippen LogP contribution in [0.4, 0.5) is 0 Å². The lowest BCUT2D eigenvalue weighted by Gasteiger charge is -2.42. The second kappa shape index (κ2) is 8.62. The van der Waals surface area contributed by atoms with Gasteiger partial charge in [0.15, 0.2) is 0 Å². The zero-order valence-electron chi connectivity index (χ0n) is 19.6. The van der Waals surface area contributed by atoms with Gasteiger partial charge in [-0.2, -0.15) is 0 Å². The first-order valence-corrected chi connectivity index (χ1v) is 12.0. The van der Waals surface area contributed by atoms with Crippen molar-refractivity contribution in [3.63, 3.8) is 0 Å². The van der Waals surface area contributed by atoms with Gasteiger partial charge >= 0.3 is 0 Å². The van der Waals surface area contributed by atoms with Crippen molar-refractivity contribution in [2.75, 3.05) is 0 Å². The van der Waals surface area contributed by atoms with Gasteiger partial charge in [-0.15, -0.1) is 0 Å². The van der Waals surface area contributed by atoms with Gasteiger partial charge in [0, 0.05) is 11.5 Å². The van der Waals surface area contributed by atoms with Crippen LogP contribution in [0.25, 0.3) is 0 Å². The van der Waals surface area contributed by atoms with Crippen LogP contribution in [0.15, 0.2) is 35.3 Å². The molecule has 1 aliphatic heterocycles. The summed E-state index contributed by atoms with van der Waals surface area (Å²) >= 11 is 0. The number of hydrogen-bond acceptors (Lipinski definition) is 4. The lowest BCUT2D eigenvalue weighted by Crippen LogP contribution is -2.53. The van der Waals surface area contributed by atoms with Crippen LogP contribution < -0.4 is 5.73 Å². The van der Waals surface area contributed by atoms with E-state index in [2.05, 4.69) is 13.8 Å². The molecule has 2 saturated carbocycles. The van der Waals surface area contributed by atoms with Crippen LogP contribution >= 0.6 is 0 Å². The summed E-state index contributed by atoms with van der Waals surface area (Å²) in [6, 6.07) is 9.45. The highest BCUT2D eigenvalue weighted by Gasteiger charge is 2.57. The van der Waals surface area contributed by atoms with Gasteiger partial charge in [-0.3, -0.25) is 14.6 Å². The van der Waals surface area contributed by atoms with E-state index in [-0.39, 0.29) is 11.9 Å². The first-order valence-electron chi connectivity index (χ1n) is 12.0. The number of likely N-dealkylation sites (tertiary alicyclic amines) is 1. The number of benzene rings is 1. The summed E-state index contributed by atoms with van der Waals surface area (Å²) in [4.78, 5) is 32.8. The molecule has 0 radical (unpaired) electrons. The van der Waals surface area contributed by atoms with Crippen molar-refractivity contribution in [1.29, 1.82) is 0 Å². The Balaban J connectivity index is 1.70. The third-order valence-corrected chi connectivity index (χ3v) is 7.69. The maximum absolute atomic E-state index is 14.0. The average molecular weight is 440 g/mol. The topological polar surface area (TPSA) is 96.0 Å². The van der Waals surface area contributed by atoms with Crippen molar-refractivity contribution < 1.29 is 14.7 Å². The van der Waals surface area contributed by atoms with E-state index in [9.17, 15) is 14.7 Å². The molecule has 3 fully saturated rings. The van der Waals surface area contributed by atoms with Gasteiger partial charge in [0.25, 0.3) is 5.91 Å². The minimum atomic E-state index is -0.876. The third kappa shape index (κ3) is 4.75. The Bertz CT molecular complexity index is 897. The number of primary amides is 1. The highest BCUT2D eigenvalue weighted by atomic mass is 16.3. The quantitative estimate of drug-likeness (QED) is 0.688. The second-order valence-corrected chi connectivity index (χ2v) is 11.0. The summed E-state index contributed by atoms with van der Waals surface area (Å²) in [6.07, 6.45) is 5.57.